The molecule has 1 aliphatic rings. The van der Waals surface area contributed by atoms with Gasteiger partial charge in [0.2, 0.25) is 5.91 Å². The lowest BCUT2D eigenvalue weighted by Crippen LogP contribution is -2.20. The molecule has 0 atom stereocenters. The van der Waals surface area contributed by atoms with Crippen LogP contribution in [0.3, 0.4) is 0 Å². The first-order chi connectivity index (χ1) is 11.6. The Morgan fingerprint density at radius 2 is 1.96 bits per heavy atom. The SMILES string of the molecule is CN1C(=O)Cc2cc(NC(=O)c3ccc4ccccc4n3)ccc21. The molecule has 1 aliphatic heterocycles. The first-order valence-electron chi connectivity index (χ1n) is 7.68. The van der Waals surface area contributed by atoms with E-state index >= 15 is 0 Å². The minimum absolute atomic E-state index is 0.0599. The molecule has 2 aromatic carbocycles. The van der Waals surface area contributed by atoms with Crippen molar-refractivity contribution in [3.05, 3.63) is 65.9 Å². The summed E-state index contributed by atoms with van der Waals surface area (Å²) in [5.74, 6) is -0.206. The third-order valence-electron chi connectivity index (χ3n) is 4.25. The number of fused-ring (bicyclic) bond motifs is 2. The summed E-state index contributed by atoms with van der Waals surface area (Å²) in [7, 11) is 1.76. The molecule has 24 heavy (non-hydrogen) atoms. The number of nitrogens with zero attached hydrogens (tertiary/aromatic N) is 2. The number of rotatable bonds is 2. The summed E-state index contributed by atoms with van der Waals surface area (Å²) in [5.41, 5.74) is 3.62. The Kier molecular flexibility index (Phi) is 3.27. The summed E-state index contributed by atoms with van der Waals surface area (Å²) < 4.78 is 0. The Morgan fingerprint density at radius 1 is 1.12 bits per heavy atom. The number of para-hydroxylation sites is 1. The number of anilines is 2. The molecular weight excluding hydrogens is 302 g/mol. The van der Waals surface area contributed by atoms with Crippen molar-refractivity contribution in [1.29, 1.82) is 0 Å². The molecule has 0 aliphatic carbocycles. The van der Waals surface area contributed by atoms with Crippen LogP contribution in [0.2, 0.25) is 0 Å². The van der Waals surface area contributed by atoms with E-state index in [0.29, 0.717) is 17.8 Å². The summed E-state index contributed by atoms with van der Waals surface area (Å²) in [4.78, 5) is 30.2. The van der Waals surface area contributed by atoms with Crippen LogP contribution in [-0.2, 0) is 11.2 Å². The van der Waals surface area contributed by atoms with E-state index in [9.17, 15) is 9.59 Å². The summed E-state index contributed by atoms with van der Waals surface area (Å²) in [6, 6.07) is 16.8. The van der Waals surface area contributed by atoms with Gasteiger partial charge in [0.05, 0.1) is 11.9 Å². The average Bonchev–Trinajstić information content (AvgIpc) is 2.88. The van der Waals surface area contributed by atoms with Gasteiger partial charge in [-0.2, -0.15) is 0 Å². The number of hydrogen-bond acceptors (Lipinski definition) is 3. The van der Waals surface area contributed by atoms with Gasteiger partial charge in [-0.15, -0.1) is 0 Å². The number of carbonyl (C=O) groups excluding carboxylic acids is 2. The molecule has 1 aromatic heterocycles. The zero-order valence-electron chi connectivity index (χ0n) is 13.1. The second kappa shape index (κ2) is 5.45. The van der Waals surface area contributed by atoms with Crippen LogP contribution in [0.15, 0.2) is 54.6 Å². The van der Waals surface area contributed by atoms with E-state index in [1.807, 2.05) is 42.5 Å². The second-order valence-corrected chi connectivity index (χ2v) is 5.82. The van der Waals surface area contributed by atoms with Gasteiger partial charge >= 0.3 is 0 Å². The fourth-order valence-corrected chi connectivity index (χ4v) is 2.94. The number of amides is 2. The maximum absolute atomic E-state index is 12.4. The van der Waals surface area contributed by atoms with E-state index < -0.39 is 0 Å². The van der Waals surface area contributed by atoms with Gasteiger partial charge in [-0.25, -0.2) is 4.98 Å². The lowest BCUT2D eigenvalue weighted by molar-refractivity contribution is -0.117. The highest BCUT2D eigenvalue weighted by atomic mass is 16.2. The maximum atomic E-state index is 12.4. The van der Waals surface area contributed by atoms with Crippen LogP contribution >= 0.6 is 0 Å². The molecule has 118 valence electrons. The second-order valence-electron chi connectivity index (χ2n) is 5.82. The smallest absolute Gasteiger partial charge is 0.274 e. The number of aromatic nitrogens is 1. The highest BCUT2D eigenvalue weighted by molar-refractivity contribution is 6.05. The van der Waals surface area contributed by atoms with Gasteiger partial charge in [-0.05, 0) is 35.9 Å². The number of hydrogen-bond donors (Lipinski definition) is 1. The Hall–Kier alpha value is -3.21. The van der Waals surface area contributed by atoms with Crippen molar-refractivity contribution in [2.75, 3.05) is 17.3 Å². The molecular formula is C19H15N3O2. The van der Waals surface area contributed by atoms with Gasteiger partial charge in [0, 0.05) is 23.8 Å². The number of likely N-dealkylation sites (N-methyl/N-ethyl adjacent to an activating group) is 1. The van der Waals surface area contributed by atoms with Crippen molar-refractivity contribution in [3.63, 3.8) is 0 Å². The molecule has 0 saturated heterocycles. The van der Waals surface area contributed by atoms with Gasteiger partial charge < -0.3 is 10.2 Å². The largest absolute Gasteiger partial charge is 0.321 e. The molecule has 0 unspecified atom stereocenters. The van der Waals surface area contributed by atoms with Crippen LogP contribution in [0.25, 0.3) is 10.9 Å². The molecule has 5 nitrogen and oxygen atoms in total. The van der Waals surface area contributed by atoms with Gasteiger partial charge in [0.15, 0.2) is 0 Å². The highest BCUT2D eigenvalue weighted by Crippen LogP contribution is 2.30. The van der Waals surface area contributed by atoms with E-state index in [4.69, 9.17) is 0 Å². The quantitative estimate of drug-likeness (QED) is 0.790. The van der Waals surface area contributed by atoms with Crippen molar-refractivity contribution in [2.24, 2.45) is 0 Å². The Labute approximate surface area is 138 Å². The molecule has 0 fully saturated rings. The highest BCUT2D eigenvalue weighted by Gasteiger charge is 2.24. The van der Waals surface area contributed by atoms with Crippen molar-refractivity contribution < 1.29 is 9.59 Å². The van der Waals surface area contributed by atoms with Gasteiger partial charge in [-0.3, -0.25) is 9.59 Å². The van der Waals surface area contributed by atoms with Gasteiger partial charge in [0.25, 0.3) is 5.91 Å². The van der Waals surface area contributed by atoms with Crippen LogP contribution in [0, 0.1) is 0 Å². The third kappa shape index (κ3) is 2.40. The fourth-order valence-electron chi connectivity index (χ4n) is 2.94. The summed E-state index contributed by atoms with van der Waals surface area (Å²) >= 11 is 0. The maximum Gasteiger partial charge on any atom is 0.274 e. The van der Waals surface area contributed by atoms with E-state index in [1.165, 1.54) is 0 Å². The Morgan fingerprint density at radius 3 is 2.83 bits per heavy atom. The average molecular weight is 317 g/mol. The normalized spacial score (nSPS) is 13.2. The zero-order valence-corrected chi connectivity index (χ0v) is 13.1. The van der Waals surface area contributed by atoms with Crippen LogP contribution in [0.1, 0.15) is 16.1 Å². The summed E-state index contributed by atoms with van der Waals surface area (Å²) in [5, 5.41) is 3.84. The molecule has 0 spiro atoms. The van der Waals surface area contributed by atoms with Crippen molar-refractivity contribution >= 4 is 34.1 Å². The lowest BCUT2D eigenvalue weighted by atomic mass is 10.1. The molecule has 1 N–H and O–H groups in total. The van der Waals surface area contributed by atoms with Gasteiger partial charge in [0.1, 0.15) is 5.69 Å². The fraction of sp³-hybridized carbons (Fsp3) is 0.105. The predicted octanol–water partition coefficient (Wildman–Crippen LogP) is 3.01. The molecule has 4 rings (SSSR count). The first kappa shape index (κ1) is 14.4. The van der Waals surface area contributed by atoms with E-state index in [2.05, 4.69) is 10.3 Å². The molecule has 0 radical (unpaired) electrons. The van der Waals surface area contributed by atoms with Gasteiger partial charge in [-0.1, -0.05) is 24.3 Å². The Balaban J connectivity index is 1.60. The monoisotopic (exact) mass is 317 g/mol. The molecule has 2 heterocycles. The standard InChI is InChI=1S/C19H15N3O2/c1-22-17-9-7-14(10-13(17)11-18(22)23)20-19(24)16-8-6-12-4-2-3-5-15(12)21-16/h2-10H,11H2,1H3,(H,20,24). The summed E-state index contributed by atoms with van der Waals surface area (Å²) in [6.07, 6.45) is 0.365. The molecule has 0 bridgehead atoms. The number of carbonyl (C=O) groups is 2. The van der Waals surface area contributed by atoms with E-state index in [-0.39, 0.29) is 11.8 Å². The number of benzene rings is 2. The number of pyridine rings is 1. The van der Waals surface area contributed by atoms with Crippen molar-refractivity contribution in [1.82, 2.24) is 4.98 Å². The Bertz CT molecular complexity index is 981. The van der Waals surface area contributed by atoms with Crippen LogP contribution in [-0.4, -0.2) is 23.8 Å². The molecule has 3 aromatic rings. The first-order valence-corrected chi connectivity index (χ1v) is 7.68. The topological polar surface area (TPSA) is 62.3 Å². The molecule has 5 heteroatoms. The van der Waals surface area contributed by atoms with Crippen molar-refractivity contribution in [3.8, 4) is 0 Å². The molecule has 2 amide bonds. The van der Waals surface area contributed by atoms with Crippen LogP contribution < -0.4 is 10.2 Å². The zero-order chi connectivity index (χ0) is 16.7. The van der Waals surface area contributed by atoms with E-state index in [0.717, 1.165) is 22.2 Å². The number of nitrogens with one attached hydrogen (secondary N) is 1. The molecule has 0 saturated carbocycles. The lowest BCUT2D eigenvalue weighted by Gasteiger charge is -2.11. The summed E-state index contributed by atoms with van der Waals surface area (Å²) in [6.45, 7) is 0. The minimum atomic E-state index is -0.265. The van der Waals surface area contributed by atoms with Crippen LogP contribution in [0.4, 0.5) is 11.4 Å². The van der Waals surface area contributed by atoms with Crippen molar-refractivity contribution in [2.45, 2.75) is 6.42 Å². The third-order valence-corrected chi connectivity index (χ3v) is 4.25. The van der Waals surface area contributed by atoms with E-state index in [1.54, 1.807) is 24.1 Å². The van der Waals surface area contributed by atoms with Crippen LogP contribution in [0.5, 0.6) is 0 Å². The minimum Gasteiger partial charge on any atom is -0.321 e. The predicted molar refractivity (Wildman–Crippen MR) is 93.3 cm³/mol.